The molecule has 1 saturated carbocycles. The van der Waals surface area contributed by atoms with E-state index in [1.54, 1.807) is 0 Å². The Kier molecular flexibility index (Phi) is 2.21. The number of carbonyl (C=O) groups excluding carboxylic acids is 1. The van der Waals surface area contributed by atoms with Gasteiger partial charge in [0, 0.05) is 31.6 Å². The smallest absolute Gasteiger partial charge is 0.224 e. The monoisotopic (exact) mass is 248 g/mol. The zero-order valence-corrected chi connectivity index (χ0v) is 9.89. The van der Waals surface area contributed by atoms with Gasteiger partial charge < -0.3 is 5.32 Å². The van der Waals surface area contributed by atoms with Gasteiger partial charge >= 0.3 is 0 Å². The van der Waals surface area contributed by atoms with Crippen molar-refractivity contribution < 1.29 is 4.79 Å². The van der Waals surface area contributed by atoms with Gasteiger partial charge in [0.25, 0.3) is 0 Å². The number of hydrogen-bond donors (Lipinski definition) is 1. The third-order valence-electron chi connectivity index (χ3n) is 3.69. The fraction of sp³-hybridized carbons (Fsp3) is 0.900. The number of hydrogen-bond acceptors (Lipinski definition) is 2. The Hall–Kier alpha value is 0.01000. The third kappa shape index (κ3) is 1.97. The zero-order valence-electron chi connectivity index (χ0n) is 8.38. The van der Waals surface area contributed by atoms with Gasteiger partial charge in [-0.1, -0.05) is 0 Å². The summed E-state index contributed by atoms with van der Waals surface area (Å²) in [7, 11) is 0. The van der Waals surface area contributed by atoms with Gasteiger partial charge in [-0.05, 0) is 12.8 Å². The molecule has 4 atom stereocenters. The topological polar surface area (TPSA) is 32.1 Å². The van der Waals surface area contributed by atoms with Crippen molar-refractivity contribution in [2.75, 3.05) is 19.6 Å². The molecule has 2 heterocycles. The highest BCUT2D eigenvalue weighted by molar-refractivity contribution is 6.50. The maximum atomic E-state index is 11.7. The molecule has 0 spiro atoms. The van der Waals surface area contributed by atoms with E-state index in [-0.39, 0.29) is 17.7 Å². The lowest BCUT2D eigenvalue weighted by atomic mass is 10.1. The summed E-state index contributed by atoms with van der Waals surface area (Å²) >= 11 is 11.8. The van der Waals surface area contributed by atoms with E-state index in [0.29, 0.717) is 12.6 Å². The van der Waals surface area contributed by atoms with Crippen LogP contribution >= 0.6 is 23.2 Å². The number of alkyl halides is 2. The molecule has 2 saturated heterocycles. The number of nitrogens with one attached hydrogen (secondary N) is 1. The van der Waals surface area contributed by atoms with Crippen molar-refractivity contribution in [3.8, 4) is 0 Å². The van der Waals surface area contributed by atoms with Crippen LogP contribution in [0.2, 0.25) is 0 Å². The van der Waals surface area contributed by atoms with Gasteiger partial charge in [-0.15, -0.1) is 23.2 Å². The molecule has 3 fully saturated rings. The maximum Gasteiger partial charge on any atom is 0.224 e. The van der Waals surface area contributed by atoms with Crippen LogP contribution in [0.5, 0.6) is 0 Å². The number of nitrogens with zero attached hydrogens (tertiary/aromatic N) is 1. The number of rotatable bonds is 3. The summed E-state index contributed by atoms with van der Waals surface area (Å²) in [5.41, 5.74) is 0. The highest BCUT2D eigenvalue weighted by Crippen LogP contribution is 2.52. The second-order valence-corrected chi connectivity index (χ2v) is 6.49. The van der Waals surface area contributed by atoms with Gasteiger partial charge in [0.05, 0.1) is 5.92 Å². The highest BCUT2D eigenvalue weighted by Gasteiger charge is 2.52. The third-order valence-corrected chi connectivity index (χ3v) is 4.61. The predicted octanol–water partition coefficient (Wildman–Crippen LogP) is 1.00. The van der Waals surface area contributed by atoms with Crippen LogP contribution in [0.1, 0.15) is 12.8 Å². The molecule has 1 N–H and O–H groups in total. The van der Waals surface area contributed by atoms with Crippen molar-refractivity contribution >= 4 is 29.1 Å². The molecule has 3 nitrogen and oxygen atoms in total. The molecule has 5 heteroatoms. The molecular formula is C10H14Cl2N2O. The van der Waals surface area contributed by atoms with Gasteiger partial charge in [0.1, 0.15) is 4.33 Å². The summed E-state index contributed by atoms with van der Waals surface area (Å²) in [6, 6.07) is 0.696. The zero-order chi connectivity index (χ0) is 10.6. The molecule has 3 rings (SSSR count). The van der Waals surface area contributed by atoms with Gasteiger partial charge in [-0.25, -0.2) is 0 Å². The normalized spacial score (nSPS) is 44.7. The van der Waals surface area contributed by atoms with Gasteiger partial charge in [0.2, 0.25) is 5.91 Å². The number of amides is 1. The fourth-order valence-electron chi connectivity index (χ4n) is 2.41. The van der Waals surface area contributed by atoms with Crippen LogP contribution in [0.15, 0.2) is 0 Å². The van der Waals surface area contributed by atoms with E-state index in [1.807, 2.05) is 0 Å². The lowest BCUT2D eigenvalue weighted by Crippen LogP contribution is -2.34. The van der Waals surface area contributed by atoms with Gasteiger partial charge in [-0.3, -0.25) is 9.69 Å². The van der Waals surface area contributed by atoms with Crippen LogP contribution in [0.3, 0.4) is 0 Å². The maximum absolute atomic E-state index is 11.7. The molecule has 0 aromatic carbocycles. The number of carbonyl (C=O) groups is 1. The van der Waals surface area contributed by atoms with Crippen LogP contribution < -0.4 is 5.32 Å². The average Bonchev–Trinajstić information content (AvgIpc) is 3.00. The van der Waals surface area contributed by atoms with E-state index in [4.69, 9.17) is 23.2 Å². The summed E-state index contributed by atoms with van der Waals surface area (Å²) in [4.78, 5) is 14.1. The van der Waals surface area contributed by atoms with E-state index in [9.17, 15) is 4.79 Å². The lowest BCUT2D eigenvalue weighted by Gasteiger charge is -2.11. The Bertz CT molecular complexity index is 298. The molecule has 0 bridgehead atoms. The summed E-state index contributed by atoms with van der Waals surface area (Å²) in [5.74, 6) is 0.627. The molecule has 15 heavy (non-hydrogen) atoms. The molecule has 1 amide bonds. The summed E-state index contributed by atoms with van der Waals surface area (Å²) in [5, 5.41) is 2.95. The Labute approximate surface area is 99.1 Å². The highest BCUT2D eigenvalue weighted by atomic mass is 35.5. The Morgan fingerprint density at radius 3 is 2.73 bits per heavy atom. The molecule has 0 aromatic rings. The second-order valence-electron chi connectivity index (χ2n) is 4.95. The SMILES string of the molecule is O=C(NC[C@H]1CC1(Cl)Cl)C1CC2CN2C1. The largest absolute Gasteiger partial charge is 0.355 e. The predicted molar refractivity (Wildman–Crippen MR) is 59.0 cm³/mol. The summed E-state index contributed by atoms with van der Waals surface area (Å²) < 4.78 is -0.575. The fourth-order valence-corrected chi connectivity index (χ4v) is 2.93. The average molecular weight is 249 g/mol. The van der Waals surface area contributed by atoms with Crippen molar-refractivity contribution in [3.63, 3.8) is 0 Å². The molecule has 0 radical (unpaired) electrons. The molecule has 84 valence electrons. The molecular weight excluding hydrogens is 235 g/mol. The molecule has 3 aliphatic rings. The van der Waals surface area contributed by atoms with Crippen molar-refractivity contribution in [2.24, 2.45) is 11.8 Å². The van der Waals surface area contributed by atoms with Crippen molar-refractivity contribution in [1.82, 2.24) is 10.2 Å². The van der Waals surface area contributed by atoms with E-state index in [0.717, 1.165) is 19.4 Å². The first-order valence-corrected chi connectivity index (χ1v) is 6.21. The molecule has 0 aromatic heterocycles. The van der Waals surface area contributed by atoms with E-state index < -0.39 is 4.33 Å². The Morgan fingerprint density at radius 2 is 2.20 bits per heavy atom. The minimum absolute atomic E-state index is 0.179. The van der Waals surface area contributed by atoms with Gasteiger partial charge in [-0.2, -0.15) is 0 Å². The second kappa shape index (κ2) is 3.25. The van der Waals surface area contributed by atoms with Crippen LogP contribution in [-0.2, 0) is 4.79 Å². The quantitative estimate of drug-likeness (QED) is 0.597. The summed E-state index contributed by atoms with van der Waals surface area (Å²) in [6.45, 7) is 2.76. The minimum Gasteiger partial charge on any atom is -0.355 e. The first kappa shape index (κ1) is 10.2. The van der Waals surface area contributed by atoms with Crippen LogP contribution in [0.25, 0.3) is 0 Å². The first-order valence-electron chi connectivity index (χ1n) is 5.46. The lowest BCUT2D eigenvalue weighted by molar-refractivity contribution is -0.124. The van der Waals surface area contributed by atoms with Gasteiger partial charge in [0.15, 0.2) is 0 Å². The van der Waals surface area contributed by atoms with Crippen LogP contribution in [0.4, 0.5) is 0 Å². The first-order chi connectivity index (χ1) is 7.06. The Morgan fingerprint density at radius 1 is 1.47 bits per heavy atom. The number of fused-ring (bicyclic) bond motifs is 1. The molecule has 1 aliphatic carbocycles. The van der Waals surface area contributed by atoms with Crippen LogP contribution in [0, 0.1) is 11.8 Å². The van der Waals surface area contributed by atoms with Crippen LogP contribution in [-0.4, -0.2) is 40.8 Å². The van der Waals surface area contributed by atoms with Crippen molar-refractivity contribution in [1.29, 1.82) is 0 Å². The summed E-state index contributed by atoms with van der Waals surface area (Å²) in [6.07, 6.45) is 1.83. The number of piperidine rings is 1. The van der Waals surface area contributed by atoms with Crippen molar-refractivity contribution in [2.45, 2.75) is 23.2 Å². The standard InChI is InChI=1S/C10H14Cl2N2O/c11-10(12)2-7(10)3-13-9(15)6-1-8-5-14(8)4-6/h6-8H,1-5H2,(H,13,15)/t6?,7-,8?,14?/m1/s1. The Balaban J connectivity index is 1.42. The van der Waals surface area contributed by atoms with E-state index >= 15 is 0 Å². The number of halogens is 2. The van der Waals surface area contributed by atoms with E-state index in [2.05, 4.69) is 10.2 Å². The van der Waals surface area contributed by atoms with Crippen molar-refractivity contribution in [3.05, 3.63) is 0 Å². The molecule has 3 unspecified atom stereocenters. The van der Waals surface area contributed by atoms with E-state index in [1.165, 1.54) is 6.54 Å². The molecule has 2 aliphatic heterocycles. The minimum atomic E-state index is -0.575.